The smallest absolute Gasteiger partial charge is 0.213 e. The number of hydrogen-bond donors (Lipinski definition) is 2. The van der Waals surface area contributed by atoms with Crippen molar-refractivity contribution in [1.29, 1.82) is 5.41 Å². The molecule has 0 radical (unpaired) electrons. The van der Waals surface area contributed by atoms with Crippen LogP contribution in [0, 0.1) is 11.3 Å². The molecule has 4 rings (SSSR count). The quantitative estimate of drug-likeness (QED) is 0.245. The third-order valence-electron chi connectivity index (χ3n) is 6.99. The summed E-state index contributed by atoms with van der Waals surface area (Å²) < 4.78 is 8.10. The highest BCUT2D eigenvalue weighted by molar-refractivity contribution is 5.72. The van der Waals surface area contributed by atoms with Gasteiger partial charge in [0.1, 0.15) is 5.76 Å². The lowest BCUT2D eigenvalue weighted by Gasteiger charge is -2.32. The van der Waals surface area contributed by atoms with Gasteiger partial charge in [0.15, 0.2) is 18.1 Å². The Kier molecular flexibility index (Phi) is 6.37. The normalized spacial score (nSPS) is 20.8. The molecule has 0 aliphatic carbocycles. The van der Waals surface area contributed by atoms with E-state index in [2.05, 4.69) is 92.1 Å². The van der Waals surface area contributed by atoms with E-state index < -0.39 is 0 Å². The van der Waals surface area contributed by atoms with Gasteiger partial charge in [0.25, 0.3) is 0 Å². The van der Waals surface area contributed by atoms with Crippen molar-refractivity contribution >= 4 is 5.90 Å². The van der Waals surface area contributed by atoms with Crippen LogP contribution in [0.2, 0.25) is 0 Å². The molecule has 2 aliphatic heterocycles. The Bertz CT molecular complexity index is 1170. The van der Waals surface area contributed by atoms with Crippen molar-refractivity contribution in [3.8, 4) is 11.3 Å². The number of ether oxygens (including phenoxy) is 1. The van der Waals surface area contributed by atoms with Crippen LogP contribution in [0.4, 0.5) is 0 Å². The van der Waals surface area contributed by atoms with Gasteiger partial charge in [0.05, 0.1) is 11.5 Å². The van der Waals surface area contributed by atoms with Crippen molar-refractivity contribution in [2.45, 2.75) is 52.0 Å². The van der Waals surface area contributed by atoms with E-state index in [1.807, 2.05) is 0 Å². The van der Waals surface area contributed by atoms with E-state index in [1.165, 1.54) is 22.4 Å². The predicted molar refractivity (Wildman–Crippen MR) is 135 cm³/mol. The molecule has 2 aliphatic rings. The zero-order valence-corrected chi connectivity index (χ0v) is 19.9. The number of pyridine rings is 1. The molecule has 0 spiro atoms. The molecule has 1 aromatic heterocycles. The topological polar surface area (TPSA) is 49.0 Å². The molecule has 0 bridgehead atoms. The van der Waals surface area contributed by atoms with Gasteiger partial charge in [-0.1, -0.05) is 57.4 Å². The Hall–Kier alpha value is -3.40. The largest absolute Gasteiger partial charge is 0.444 e. The molecule has 2 N–H and O–H groups in total. The second-order valence-electron chi connectivity index (χ2n) is 9.08. The molecule has 1 aromatic carbocycles. The van der Waals surface area contributed by atoms with Crippen molar-refractivity contribution < 1.29 is 9.30 Å². The van der Waals surface area contributed by atoms with Crippen LogP contribution in [0.5, 0.6) is 0 Å². The van der Waals surface area contributed by atoms with Crippen LogP contribution < -0.4 is 9.88 Å². The molecular formula is C29H34N3O+. The average molecular weight is 441 g/mol. The van der Waals surface area contributed by atoms with E-state index in [0.717, 1.165) is 36.2 Å². The molecule has 0 fully saturated rings. The maximum atomic E-state index is 7.83. The molecular weight excluding hydrogens is 406 g/mol. The van der Waals surface area contributed by atoms with Crippen molar-refractivity contribution in [1.82, 2.24) is 5.32 Å². The molecule has 0 saturated heterocycles. The van der Waals surface area contributed by atoms with Crippen LogP contribution in [0.1, 0.15) is 57.6 Å². The third kappa shape index (κ3) is 4.18. The third-order valence-corrected chi connectivity index (χ3v) is 6.99. The highest BCUT2D eigenvalue weighted by Gasteiger charge is 2.42. The van der Waals surface area contributed by atoms with Gasteiger partial charge in [-0.05, 0) is 36.5 Å². The lowest BCUT2D eigenvalue weighted by Crippen LogP contribution is -2.48. The molecule has 3 unspecified atom stereocenters. The Balaban J connectivity index is 1.87. The molecule has 2 aromatic rings. The summed E-state index contributed by atoms with van der Waals surface area (Å²) in [7, 11) is 0. The first-order chi connectivity index (χ1) is 15.8. The number of benzene rings is 1. The fraction of sp³-hybridized carbons (Fsp3) is 0.310. The van der Waals surface area contributed by atoms with Gasteiger partial charge in [0.2, 0.25) is 5.69 Å². The van der Waals surface area contributed by atoms with Crippen LogP contribution in [0.25, 0.3) is 11.3 Å². The second-order valence-corrected chi connectivity index (χ2v) is 9.08. The number of nitrogens with one attached hydrogen (secondary N) is 2. The van der Waals surface area contributed by atoms with Crippen molar-refractivity contribution in [2.24, 2.45) is 5.92 Å². The van der Waals surface area contributed by atoms with Crippen LogP contribution >= 0.6 is 0 Å². The number of aromatic nitrogens is 1. The lowest BCUT2D eigenvalue weighted by atomic mass is 9.78. The molecule has 0 saturated carbocycles. The van der Waals surface area contributed by atoms with E-state index in [-0.39, 0.29) is 17.9 Å². The summed E-state index contributed by atoms with van der Waals surface area (Å²) >= 11 is 0. The first-order valence-electron chi connectivity index (χ1n) is 11.7. The number of nitrogens with zero attached hydrogens (tertiary/aromatic N) is 1. The summed E-state index contributed by atoms with van der Waals surface area (Å²) in [6, 6.07) is 15.3. The molecule has 4 nitrogen and oxygen atoms in total. The molecule has 170 valence electrons. The SMILES string of the molecule is C=C1NC(=C)C2c3ccccc3-c3cccc[n+]3C2CCC(C(C)CC)=C1C(=C)OC(C)=N. The van der Waals surface area contributed by atoms with Crippen LogP contribution in [0.15, 0.2) is 96.7 Å². The number of rotatable bonds is 4. The highest BCUT2D eigenvalue weighted by Crippen LogP contribution is 2.45. The summed E-state index contributed by atoms with van der Waals surface area (Å²) in [5.41, 5.74) is 7.59. The summed E-state index contributed by atoms with van der Waals surface area (Å²) in [5, 5.41) is 11.4. The van der Waals surface area contributed by atoms with Crippen LogP contribution in [-0.4, -0.2) is 5.90 Å². The predicted octanol–water partition coefficient (Wildman–Crippen LogP) is 6.56. The summed E-state index contributed by atoms with van der Waals surface area (Å²) in [6.07, 6.45) is 5.04. The average Bonchev–Trinajstić information content (AvgIpc) is 2.84. The second kappa shape index (κ2) is 9.22. The summed E-state index contributed by atoms with van der Waals surface area (Å²) in [6.45, 7) is 19.1. The maximum absolute atomic E-state index is 7.83. The van der Waals surface area contributed by atoms with Gasteiger partial charge < -0.3 is 10.1 Å². The number of hydrogen-bond acceptors (Lipinski definition) is 3. The maximum Gasteiger partial charge on any atom is 0.213 e. The van der Waals surface area contributed by atoms with E-state index in [0.29, 0.717) is 11.7 Å². The summed E-state index contributed by atoms with van der Waals surface area (Å²) in [5.74, 6) is 1.04. The number of fused-ring (bicyclic) bond motifs is 6. The monoisotopic (exact) mass is 440 g/mol. The van der Waals surface area contributed by atoms with Crippen molar-refractivity contribution in [3.63, 3.8) is 0 Å². The minimum Gasteiger partial charge on any atom is -0.444 e. The molecule has 0 amide bonds. The molecule has 4 heteroatoms. The fourth-order valence-corrected chi connectivity index (χ4v) is 5.35. The highest BCUT2D eigenvalue weighted by atomic mass is 16.5. The van der Waals surface area contributed by atoms with Crippen LogP contribution in [-0.2, 0) is 4.74 Å². The van der Waals surface area contributed by atoms with E-state index in [9.17, 15) is 0 Å². The van der Waals surface area contributed by atoms with Crippen LogP contribution in [0.3, 0.4) is 0 Å². The Labute approximate surface area is 197 Å². The zero-order valence-electron chi connectivity index (χ0n) is 19.9. The Morgan fingerprint density at radius 1 is 1.21 bits per heavy atom. The van der Waals surface area contributed by atoms with Gasteiger partial charge in [-0.15, -0.1) is 0 Å². The van der Waals surface area contributed by atoms with Gasteiger partial charge in [-0.25, -0.2) is 0 Å². The standard InChI is InChI=1S/C29H34N3O/c1-7-18(2)23-15-16-27-29(20(4)31-19(3)28(23)21(5)33-22(6)30)25-13-9-8-12-24(25)26-14-10-11-17-32(26)27/h8-14,17-18,27,29-31H,3-5,7,15-16H2,1-2,6H3/q+1. The fourth-order valence-electron chi connectivity index (χ4n) is 5.35. The molecule has 33 heavy (non-hydrogen) atoms. The molecule has 3 heterocycles. The van der Waals surface area contributed by atoms with Crippen molar-refractivity contribution in [3.05, 3.63) is 102 Å². The van der Waals surface area contributed by atoms with E-state index in [1.54, 1.807) is 6.92 Å². The molecule has 3 atom stereocenters. The van der Waals surface area contributed by atoms with Gasteiger partial charge in [0, 0.05) is 42.4 Å². The van der Waals surface area contributed by atoms with Crippen molar-refractivity contribution in [2.75, 3.05) is 0 Å². The van der Waals surface area contributed by atoms with Gasteiger partial charge >= 0.3 is 0 Å². The first kappa shape index (κ1) is 22.8. The van der Waals surface area contributed by atoms with Gasteiger partial charge in [-0.2, -0.15) is 4.57 Å². The zero-order chi connectivity index (χ0) is 23.7. The van der Waals surface area contributed by atoms with Gasteiger partial charge in [-0.3, -0.25) is 5.41 Å². The lowest BCUT2D eigenvalue weighted by molar-refractivity contribution is -0.717. The minimum absolute atomic E-state index is 0.106. The Morgan fingerprint density at radius 3 is 2.67 bits per heavy atom. The summed E-state index contributed by atoms with van der Waals surface area (Å²) in [4.78, 5) is 0. The minimum atomic E-state index is 0.106. The number of allylic oxidation sites excluding steroid dienone is 2. The van der Waals surface area contributed by atoms with E-state index in [4.69, 9.17) is 10.1 Å². The first-order valence-corrected chi connectivity index (χ1v) is 11.7. The van der Waals surface area contributed by atoms with E-state index >= 15 is 0 Å². The Morgan fingerprint density at radius 2 is 1.94 bits per heavy atom.